The van der Waals surface area contributed by atoms with Crippen LogP contribution in [0.25, 0.3) is 0 Å². The Morgan fingerprint density at radius 3 is 1.44 bits per heavy atom. The van der Waals surface area contributed by atoms with Gasteiger partial charge in [0, 0.05) is 0 Å². The second-order valence-corrected chi connectivity index (χ2v) is 11.3. The highest BCUT2D eigenvalue weighted by Gasteiger charge is 2.45. The average molecular weight is 449 g/mol. The van der Waals surface area contributed by atoms with Crippen LogP contribution in [0.2, 0.25) is 0 Å². The molecule has 6 heteroatoms. The Morgan fingerprint density at radius 1 is 0.781 bits per heavy atom. The molecule has 0 N–H and O–H groups in total. The van der Waals surface area contributed by atoms with Gasteiger partial charge in [0.2, 0.25) is 12.2 Å². The third-order valence-corrected chi connectivity index (χ3v) is 5.23. The highest BCUT2D eigenvalue weighted by atomic mass is 16.6. The molecule has 1 aliphatic rings. The molecule has 1 aromatic rings. The number of hydrogen-bond acceptors (Lipinski definition) is 6. The van der Waals surface area contributed by atoms with Gasteiger partial charge in [0.1, 0.15) is 0 Å². The van der Waals surface area contributed by atoms with E-state index in [9.17, 15) is 9.59 Å². The topological polar surface area (TPSA) is 71.1 Å². The molecule has 0 aromatic heterocycles. The van der Waals surface area contributed by atoms with Gasteiger partial charge in [-0.15, -0.1) is 0 Å². The minimum atomic E-state index is -1.22. The van der Waals surface area contributed by atoms with Crippen molar-refractivity contribution in [3.63, 3.8) is 0 Å². The first-order chi connectivity index (χ1) is 14.8. The number of esters is 2. The van der Waals surface area contributed by atoms with E-state index in [2.05, 4.69) is 55.4 Å². The molecule has 2 atom stereocenters. The molecule has 2 unspecified atom stereocenters. The highest BCUT2D eigenvalue weighted by Crippen LogP contribution is 2.35. The standard InChI is InChI=1S/C26H40O6/c1-17(2)13-25(5,6)15-29-23(27)21-22(32-20-12-10-9-11-19(20)31-21)24(28)30-16-26(7,8)14-18(3)4/h9-12,17-18,21-22H,13-16H2,1-8H3. The van der Waals surface area contributed by atoms with Crippen LogP contribution in [0.1, 0.15) is 68.2 Å². The van der Waals surface area contributed by atoms with Crippen LogP contribution in [0.3, 0.4) is 0 Å². The maximum absolute atomic E-state index is 13.0. The van der Waals surface area contributed by atoms with Gasteiger partial charge in [-0.25, -0.2) is 9.59 Å². The Morgan fingerprint density at radius 2 is 1.12 bits per heavy atom. The van der Waals surface area contributed by atoms with Crippen molar-refractivity contribution >= 4 is 11.9 Å². The van der Waals surface area contributed by atoms with Crippen molar-refractivity contribution < 1.29 is 28.5 Å². The van der Waals surface area contributed by atoms with Crippen molar-refractivity contribution in [3.8, 4) is 11.5 Å². The molecule has 0 spiro atoms. The number of fused-ring (bicyclic) bond motifs is 1. The van der Waals surface area contributed by atoms with Crippen molar-refractivity contribution in [2.75, 3.05) is 13.2 Å². The summed E-state index contributed by atoms with van der Waals surface area (Å²) < 4.78 is 22.9. The average Bonchev–Trinajstić information content (AvgIpc) is 2.67. The molecule has 32 heavy (non-hydrogen) atoms. The van der Waals surface area contributed by atoms with Gasteiger partial charge in [-0.1, -0.05) is 67.5 Å². The Balaban J connectivity index is 2.13. The monoisotopic (exact) mass is 448 g/mol. The van der Waals surface area contributed by atoms with E-state index < -0.39 is 24.1 Å². The molecule has 1 aromatic carbocycles. The Labute approximate surface area is 193 Å². The molecule has 0 bridgehead atoms. The number of para-hydroxylation sites is 2. The first-order valence-electron chi connectivity index (χ1n) is 11.6. The van der Waals surface area contributed by atoms with Crippen molar-refractivity contribution in [2.45, 2.75) is 80.4 Å². The van der Waals surface area contributed by atoms with Crippen LogP contribution < -0.4 is 9.47 Å². The van der Waals surface area contributed by atoms with Crippen LogP contribution in [0.4, 0.5) is 0 Å². The minimum absolute atomic E-state index is 0.186. The van der Waals surface area contributed by atoms with Gasteiger partial charge >= 0.3 is 11.9 Å². The third-order valence-electron chi connectivity index (χ3n) is 5.23. The maximum atomic E-state index is 13.0. The summed E-state index contributed by atoms with van der Waals surface area (Å²) in [7, 11) is 0. The fourth-order valence-electron chi connectivity index (χ4n) is 4.41. The zero-order valence-electron chi connectivity index (χ0n) is 20.9. The van der Waals surface area contributed by atoms with Crippen molar-refractivity contribution in [1.29, 1.82) is 0 Å². The predicted octanol–water partition coefficient (Wildman–Crippen LogP) is 5.43. The second kappa shape index (κ2) is 10.6. The number of hydrogen-bond donors (Lipinski definition) is 0. The first-order valence-corrected chi connectivity index (χ1v) is 11.6. The summed E-state index contributed by atoms with van der Waals surface area (Å²) in [4.78, 5) is 25.9. The lowest BCUT2D eigenvalue weighted by Crippen LogP contribution is -2.51. The lowest BCUT2D eigenvalue weighted by Gasteiger charge is -2.33. The lowest BCUT2D eigenvalue weighted by atomic mass is 9.85. The fourth-order valence-corrected chi connectivity index (χ4v) is 4.41. The number of rotatable bonds is 10. The Bertz CT molecular complexity index is 715. The summed E-state index contributed by atoms with van der Waals surface area (Å²) in [6.07, 6.45) is -0.635. The van der Waals surface area contributed by atoms with Crippen molar-refractivity contribution in [1.82, 2.24) is 0 Å². The van der Waals surface area contributed by atoms with E-state index in [1.165, 1.54) is 0 Å². The zero-order valence-corrected chi connectivity index (χ0v) is 20.9. The van der Waals surface area contributed by atoms with Gasteiger partial charge < -0.3 is 18.9 Å². The lowest BCUT2D eigenvalue weighted by molar-refractivity contribution is -0.175. The Kier molecular flexibility index (Phi) is 8.60. The summed E-state index contributed by atoms with van der Waals surface area (Å²) in [5.74, 6) is 0.503. The molecule has 1 aliphatic heterocycles. The number of ether oxygens (including phenoxy) is 4. The molecule has 0 amide bonds. The first kappa shape index (κ1) is 26.0. The van der Waals surface area contributed by atoms with Crippen LogP contribution in [-0.4, -0.2) is 37.4 Å². The van der Waals surface area contributed by atoms with E-state index in [4.69, 9.17) is 18.9 Å². The summed E-state index contributed by atoms with van der Waals surface area (Å²) in [5.41, 5.74) is -0.373. The van der Waals surface area contributed by atoms with E-state index in [0.29, 0.717) is 23.3 Å². The normalized spacial score (nSPS) is 18.6. The summed E-state index contributed by atoms with van der Waals surface area (Å²) in [6.45, 7) is 17.2. The number of carbonyl (C=O) groups is 2. The maximum Gasteiger partial charge on any atom is 0.352 e. The van der Waals surface area contributed by atoms with Crippen LogP contribution in [0, 0.1) is 22.7 Å². The van der Waals surface area contributed by atoms with Crippen molar-refractivity contribution in [2.24, 2.45) is 22.7 Å². The zero-order chi connectivity index (χ0) is 24.1. The van der Waals surface area contributed by atoms with Crippen LogP contribution in [0.5, 0.6) is 11.5 Å². The van der Waals surface area contributed by atoms with E-state index >= 15 is 0 Å². The molecule has 180 valence electrons. The van der Waals surface area contributed by atoms with Crippen LogP contribution in [0.15, 0.2) is 24.3 Å². The summed E-state index contributed by atoms with van der Waals surface area (Å²) in [6, 6.07) is 6.96. The molecule has 2 rings (SSSR count). The minimum Gasteiger partial charge on any atom is -0.470 e. The SMILES string of the molecule is CC(C)CC(C)(C)COC(=O)C1Oc2ccccc2OC1C(=O)OCC(C)(C)CC(C)C. The van der Waals surface area contributed by atoms with Gasteiger partial charge in [0.15, 0.2) is 11.5 Å². The van der Waals surface area contributed by atoms with E-state index in [1.807, 2.05) is 0 Å². The van der Waals surface area contributed by atoms with E-state index in [0.717, 1.165) is 12.8 Å². The Hall–Kier alpha value is -2.24. The van der Waals surface area contributed by atoms with E-state index in [1.54, 1.807) is 24.3 Å². The van der Waals surface area contributed by atoms with Gasteiger partial charge in [-0.05, 0) is 47.6 Å². The molecule has 0 aliphatic carbocycles. The quantitative estimate of drug-likeness (QED) is 0.445. The highest BCUT2D eigenvalue weighted by molar-refractivity contribution is 5.87. The fraction of sp³-hybridized carbons (Fsp3) is 0.692. The molecule has 0 saturated carbocycles. The molecule has 6 nitrogen and oxygen atoms in total. The van der Waals surface area contributed by atoms with Gasteiger partial charge in [-0.3, -0.25) is 0 Å². The molecule has 1 heterocycles. The van der Waals surface area contributed by atoms with Gasteiger partial charge in [0.25, 0.3) is 0 Å². The van der Waals surface area contributed by atoms with Crippen LogP contribution >= 0.6 is 0 Å². The van der Waals surface area contributed by atoms with E-state index in [-0.39, 0.29) is 24.0 Å². The molecular formula is C26H40O6. The van der Waals surface area contributed by atoms with Crippen molar-refractivity contribution in [3.05, 3.63) is 24.3 Å². The molecule has 0 fully saturated rings. The molecular weight excluding hydrogens is 408 g/mol. The summed E-state index contributed by atoms with van der Waals surface area (Å²) in [5, 5.41) is 0. The number of benzene rings is 1. The van der Waals surface area contributed by atoms with Crippen LogP contribution in [-0.2, 0) is 19.1 Å². The van der Waals surface area contributed by atoms with Gasteiger partial charge in [0.05, 0.1) is 13.2 Å². The molecule has 0 saturated heterocycles. The second-order valence-electron chi connectivity index (χ2n) is 11.3. The smallest absolute Gasteiger partial charge is 0.352 e. The summed E-state index contributed by atoms with van der Waals surface area (Å²) >= 11 is 0. The molecule has 0 radical (unpaired) electrons. The van der Waals surface area contributed by atoms with Gasteiger partial charge in [-0.2, -0.15) is 0 Å². The predicted molar refractivity (Wildman–Crippen MR) is 124 cm³/mol. The number of carbonyl (C=O) groups excluding carboxylic acids is 2. The third kappa shape index (κ3) is 7.72. The largest absolute Gasteiger partial charge is 0.470 e.